The van der Waals surface area contributed by atoms with E-state index in [2.05, 4.69) is 45.9 Å². The predicted octanol–water partition coefficient (Wildman–Crippen LogP) is 4.98. The lowest BCUT2D eigenvalue weighted by molar-refractivity contribution is 0.589. The fourth-order valence-corrected chi connectivity index (χ4v) is 3.18. The maximum Gasteiger partial charge on any atom is 0.174 e. The molecular formula is C20H16N4O. The molecule has 0 saturated heterocycles. The number of aryl methyl sites for hydroxylation is 2. The molecule has 0 aliphatic rings. The molecule has 5 rings (SSSR count). The van der Waals surface area contributed by atoms with E-state index in [1.807, 2.05) is 36.4 Å². The van der Waals surface area contributed by atoms with Crippen molar-refractivity contribution in [3.8, 4) is 23.2 Å². The lowest BCUT2D eigenvalue weighted by Gasteiger charge is -1.91. The van der Waals surface area contributed by atoms with E-state index in [-0.39, 0.29) is 0 Å². The average Bonchev–Trinajstić information content (AvgIpc) is 3.32. The van der Waals surface area contributed by atoms with Crippen LogP contribution in [0, 0.1) is 13.8 Å². The van der Waals surface area contributed by atoms with Crippen LogP contribution in [0.4, 0.5) is 0 Å². The van der Waals surface area contributed by atoms with Crippen LogP contribution in [-0.2, 0) is 0 Å². The fourth-order valence-electron chi connectivity index (χ4n) is 3.18. The lowest BCUT2D eigenvalue weighted by atomic mass is 10.2. The molecule has 3 heterocycles. The van der Waals surface area contributed by atoms with E-state index in [0.717, 1.165) is 44.8 Å². The molecular weight excluding hydrogens is 312 g/mol. The van der Waals surface area contributed by atoms with E-state index >= 15 is 0 Å². The molecule has 0 aliphatic carbocycles. The third-order valence-corrected chi connectivity index (χ3v) is 4.50. The number of benzene rings is 2. The zero-order valence-corrected chi connectivity index (χ0v) is 13.9. The SMILES string of the molecule is Cc1cccc2[nH]c(-c3ccc(-c4nc5c(C)cccc5[nH]4)o3)nc12. The van der Waals surface area contributed by atoms with Gasteiger partial charge in [-0.15, -0.1) is 0 Å². The number of furan rings is 1. The third kappa shape index (κ3) is 2.16. The van der Waals surface area contributed by atoms with Crippen molar-refractivity contribution in [2.75, 3.05) is 0 Å². The summed E-state index contributed by atoms with van der Waals surface area (Å²) in [5.74, 6) is 2.84. The second kappa shape index (κ2) is 5.08. The van der Waals surface area contributed by atoms with Gasteiger partial charge in [0.25, 0.3) is 0 Å². The Kier molecular flexibility index (Phi) is 2.85. The van der Waals surface area contributed by atoms with Gasteiger partial charge in [0.15, 0.2) is 23.2 Å². The van der Waals surface area contributed by atoms with Crippen molar-refractivity contribution in [1.82, 2.24) is 19.9 Å². The normalized spacial score (nSPS) is 11.6. The first kappa shape index (κ1) is 14.0. The Balaban J connectivity index is 1.59. The van der Waals surface area contributed by atoms with Crippen LogP contribution in [-0.4, -0.2) is 19.9 Å². The first-order valence-electron chi connectivity index (χ1n) is 8.20. The van der Waals surface area contributed by atoms with Gasteiger partial charge in [-0.05, 0) is 49.2 Å². The second-order valence-corrected chi connectivity index (χ2v) is 6.28. The molecule has 5 nitrogen and oxygen atoms in total. The molecule has 2 aromatic carbocycles. The highest BCUT2D eigenvalue weighted by Gasteiger charge is 2.14. The van der Waals surface area contributed by atoms with E-state index < -0.39 is 0 Å². The summed E-state index contributed by atoms with van der Waals surface area (Å²) in [6, 6.07) is 16.0. The quantitative estimate of drug-likeness (QED) is 0.480. The Labute approximate surface area is 143 Å². The number of aromatic amines is 2. The number of fused-ring (bicyclic) bond motifs is 2. The minimum atomic E-state index is 0.697. The minimum Gasteiger partial charge on any atom is -0.450 e. The van der Waals surface area contributed by atoms with Crippen molar-refractivity contribution in [3.05, 3.63) is 59.7 Å². The number of hydrogen-bond acceptors (Lipinski definition) is 3. The summed E-state index contributed by atoms with van der Waals surface area (Å²) in [5, 5.41) is 0. The Morgan fingerprint density at radius 3 is 1.60 bits per heavy atom. The van der Waals surface area contributed by atoms with Gasteiger partial charge < -0.3 is 14.4 Å². The van der Waals surface area contributed by atoms with Crippen molar-refractivity contribution in [1.29, 1.82) is 0 Å². The van der Waals surface area contributed by atoms with Gasteiger partial charge in [-0.3, -0.25) is 0 Å². The van der Waals surface area contributed by atoms with Gasteiger partial charge in [0.2, 0.25) is 0 Å². The number of hydrogen-bond donors (Lipinski definition) is 2. The zero-order chi connectivity index (χ0) is 17.0. The Bertz CT molecular complexity index is 1130. The summed E-state index contributed by atoms with van der Waals surface area (Å²) < 4.78 is 6.01. The van der Waals surface area contributed by atoms with Crippen molar-refractivity contribution in [3.63, 3.8) is 0 Å². The molecule has 5 aromatic rings. The Morgan fingerprint density at radius 2 is 1.16 bits per heavy atom. The monoisotopic (exact) mass is 328 g/mol. The first-order chi connectivity index (χ1) is 12.2. The summed E-state index contributed by atoms with van der Waals surface area (Å²) in [7, 11) is 0. The molecule has 3 aromatic heterocycles. The van der Waals surface area contributed by atoms with Crippen LogP contribution in [0.15, 0.2) is 52.9 Å². The predicted molar refractivity (Wildman–Crippen MR) is 98.4 cm³/mol. The standard InChI is InChI=1S/C20H16N4O/c1-11-5-3-7-13-17(11)23-19(21-13)15-9-10-16(25-15)20-22-14-8-4-6-12(2)18(14)24-20/h3-10H,1-2H3,(H,21,23)(H,22,24). The molecule has 0 saturated carbocycles. The van der Waals surface area contributed by atoms with Gasteiger partial charge in [-0.2, -0.15) is 0 Å². The van der Waals surface area contributed by atoms with Crippen LogP contribution in [0.1, 0.15) is 11.1 Å². The molecule has 0 spiro atoms. The molecule has 0 aliphatic heterocycles. The van der Waals surface area contributed by atoms with E-state index in [9.17, 15) is 0 Å². The van der Waals surface area contributed by atoms with Crippen molar-refractivity contribution >= 4 is 22.1 Å². The van der Waals surface area contributed by atoms with E-state index in [4.69, 9.17) is 4.42 Å². The molecule has 0 unspecified atom stereocenters. The van der Waals surface area contributed by atoms with Crippen LogP contribution < -0.4 is 0 Å². The molecule has 5 heteroatoms. The Morgan fingerprint density at radius 1 is 0.680 bits per heavy atom. The maximum absolute atomic E-state index is 6.01. The highest BCUT2D eigenvalue weighted by molar-refractivity contribution is 5.83. The first-order valence-corrected chi connectivity index (χ1v) is 8.20. The number of para-hydroxylation sites is 2. The number of nitrogens with one attached hydrogen (secondary N) is 2. The molecule has 0 radical (unpaired) electrons. The minimum absolute atomic E-state index is 0.697. The highest BCUT2D eigenvalue weighted by Crippen LogP contribution is 2.29. The summed E-state index contributed by atoms with van der Waals surface area (Å²) in [6.07, 6.45) is 0. The molecule has 25 heavy (non-hydrogen) atoms. The van der Waals surface area contributed by atoms with Gasteiger partial charge in [-0.1, -0.05) is 24.3 Å². The number of imidazole rings is 2. The maximum atomic E-state index is 6.01. The van der Waals surface area contributed by atoms with Gasteiger partial charge >= 0.3 is 0 Å². The highest BCUT2D eigenvalue weighted by atomic mass is 16.3. The van der Waals surface area contributed by atoms with Crippen LogP contribution >= 0.6 is 0 Å². The van der Waals surface area contributed by atoms with Crippen LogP contribution in [0.2, 0.25) is 0 Å². The number of nitrogens with zero attached hydrogens (tertiary/aromatic N) is 2. The van der Waals surface area contributed by atoms with Crippen LogP contribution in [0.25, 0.3) is 45.2 Å². The third-order valence-electron chi connectivity index (χ3n) is 4.50. The molecule has 0 amide bonds. The molecule has 0 bridgehead atoms. The largest absolute Gasteiger partial charge is 0.450 e. The summed E-state index contributed by atoms with van der Waals surface area (Å²) >= 11 is 0. The Hall–Kier alpha value is -3.34. The molecule has 0 fully saturated rings. The van der Waals surface area contributed by atoms with E-state index in [1.54, 1.807) is 0 Å². The van der Waals surface area contributed by atoms with Crippen molar-refractivity contribution < 1.29 is 4.42 Å². The fraction of sp³-hybridized carbons (Fsp3) is 0.100. The smallest absolute Gasteiger partial charge is 0.174 e. The van der Waals surface area contributed by atoms with Crippen LogP contribution in [0.3, 0.4) is 0 Å². The van der Waals surface area contributed by atoms with Gasteiger partial charge in [0.1, 0.15) is 0 Å². The van der Waals surface area contributed by atoms with E-state index in [1.165, 1.54) is 0 Å². The second-order valence-electron chi connectivity index (χ2n) is 6.28. The summed E-state index contributed by atoms with van der Waals surface area (Å²) in [6.45, 7) is 4.11. The number of rotatable bonds is 2. The molecule has 122 valence electrons. The zero-order valence-electron chi connectivity index (χ0n) is 13.9. The lowest BCUT2D eigenvalue weighted by Crippen LogP contribution is -1.78. The van der Waals surface area contributed by atoms with E-state index in [0.29, 0.717) is 11.5 Å². The van der Waals surface area contributed by atoms with Gasteiger partial charge in [-0.25, -0.2) is 9.97 Å². The molecule has 0 atom stereocenters. The van der Waals surface area contributed by atoms with Gasteiger partial charge in [0, 0.05) is 0 Å². The van der Waals surface area contributed by atoms with Crippen molar-refractivity contribution in [2.45, 2.75) is 13.8 Å². The summed E-state index contributed by atoms with van der Waals surface area (Å²) in [5.41, 5.74) is 6.23. The molecule has 2 N–H and O–H groups in total. The topological polar surface area (TPSA) is 70.5 Å². The van der Waals surface area contributed by atoms with Crippen LogP contribution in [0.5, 0.6) is 0 Å². The van der Waals surface area contributed by atoms with Gasteiger partial charge in [0.05, 0.1) is 22.1 Å². The number of aromatic nitrogens is 4. The number of H-pyrrole nitrogens is 2. The average molecular weight is 328 g/mol. The summed E-state index contributed by atoms with van der Waals surface area (Å²) in [4.78, 5) is 16.0. The van der Waals surface area contributed by atoms with Crippen molar-refractivity contribution in [2.24, 2.45) is 0 Å².